The molecular weight excluding hydrogens is 200 g/mol. The summed E-state index contributed by atoms with van der Waals surface area (Å²) in [7, 11) is 0. The van der Waals surface area contributed by atoms with Crippen molar-refractivity contribution in [2.45, 2.75) is 41.0 Å². The highest BCUT2D eigenvalue weighted by molar-refractivity contribution is 6.64. The average molecular weight is 221 g/mol. The van der Waals surface area contributed by atoms with Gasteiger partial charge in [-0.25, -0.2) is 0 Å². The molecule has 0 saturated heterocycles. The predicted octanol–water partition coefficient (Wildman–Crippen LogP) is 3.23. The van der Waals surface area contributed by atoms with Crippen LogP contribution in [-0.2, 0) is 9.53 Å². The molecule has 0 amide bonds. The molecule has 0 radical (unpaired) electrons. The van der Waals surface area contributed by atoms with Gasteiger partial charge in [-0.1, -0.05) is 27.7 Å². The van der Waals surface area contributed by atoms with E-state index in [1.165, 1.54) is 0 Å². The van der Waals surface area contributed by atoms with E-state index in [0.29, 0.717) is 19.6 Å². The van der Waals surface area contributed by atoms with Gasteiger partial charge < -0.3 is 4.74 Å². The fourth-order valence-electron chi connectivity index (χ4n) is 1.62. The minimum absolute atomic E-state index is 0.171. The second kappa shape index (κ2) is 5.13. The van der Waals surface area contributed by atoms with E-state index in [-0.39, 0.29) is 10.7 Å². The molecular formula is C11H21ClO2. The van der Waals surface area contributed by atoms with Crippen molar-refractivity contribution in [3.8, 4) is 0 Å². The maximum absolute atomic E-state index is 11.5. The number of carbonyl (C=O) groups excluding carboxylic acids is 1. The zero-order valence-corrected chi connectivity index (χ0v) is 10.6. The van der Waals surface area contributed by atoms with Crippen molar-refractivity contribution in [1.82, 2.24) is 0 Å². The molecule has 0 N–H and O–H groups in total. The Bertz CT molecular complexity index is 196. The standard InChI is InChI=1S/C11H21ClO2/c1-6-11(9(12)13,8-14-7-2)10(3,4)5/h6-8H2,1-5H3. The van der Waals surface area contributed by atoms with Gasteiger partial charge in [0.25, 0.3) is 0 Å². The van der Waals surface area contributed by atoms with Crippen molar-refractivity contribution in [3.05, 3.63) is 0 Å². The van der Waals surface area contributed by atoms with Crippen molar-refractivity contribution in [2.75, 3.05) is 13.2 Å². The number of rotatable bonds is 5. The van der Waals surface area contributed by atoms with E-state index >= 15 is 0 Å². The lowest BCUT2D eigenvalue weighted by atomic mass is 9.66. The SMILES string of the molecule is CCOCC(CC)(C(=O)Cl)C(C)(C)C. The lowest BCUT2D eigenvalue weighted by Gasteiger charge is -2.40. The molecule has 0 spiro atoms. The highest BCUT2D eigenvalue weighted by Gasteiger charge is 2.46. The van der Waals surface area contributed by atoms with E-state index in [0.717, 1.165) is 0 Å². The highest BCUT2D eigenvalue weighted by atomic mass is 35.5. The zero-order chi connectivity index (χ0) is 11.4. The van der Waals surface area contributed by atoms with Crippen LogP contribution in [0.5, 0.6) is 0 Å². The summed E-state index contributed by atoms with van der Waals surface area (Å²) in [6.45, 7) is 11.0. The van der Waals surface area contributed by atoms with Crippen LogP contribution in [0.4, 0.5) is 0 Å². The minimum Gasteiger partial charge on any atom is -0.381 e. The number of hydrogen-bond donors (Lipinski definition) is 0. The highest BCUT2D eigenvalue weighted by Crippen LogP contribution is 2.43. The van der Waals surface area contributed by atoms with Gasteiger partial charge in [-0.2, -0.15) is 0 Å². The largest absolute Gasteiger partial charge is 0.381 e. The van der Waals surface area contributed by atoms with Crippen LogP contribution in [0, 0.1) is 10.8 Å². The third kappa shape index (κ3) is 2.71. The Morgan fingerprint density at radius 2 is 1.79 bits per heavy atom. The molecule has 0 aromatic carbocycles. The first-order valence-corrected chi connectivity index (χ1v) is 5.47. The van der Waals surface area contributed by atoms with Gasteiger partial charge in [-0.3, -0.25) is 4.79 Å². The summed E-state index contributed by atoms with van der Waals surface area (Å²) < 4.78 is 5.37. The summed E-state index contributed by atoms with van der Waals surface area (Å²) >= 11 is 5.70. The molecule has 84 valence electrons. The van der Waals surface area contributed by atoms with Crippen LogP contribution in [0.2, 0.25) is 0 Å². The molecule has 0 aliphatic carbocycles. The zero-order valence-electron chi connectivity index (χ0n) is 9.82. The smallest absolute Gasteiger partial charge is 0.230 e. The summed E-state index contributed by atoms with van der Waals surface area (Å²) in [4.78, 5) is 11.5. The van der Waals surface area contributed by atoms with Gasteiger partial charge in [0.1, 0.15) is 0 Å². The molecule has 14 heavy (non-hydrogen) atoms. The Morgan fingerprint density at radius 3 is 2.00 bits per heavy atom. The molecule has 0 aromatic rings. The number of ether oxygens (including phenoxy) is 1. The lowest BCUT2D eigenvalue weighted by molar-refractivity contribution is -0.133. The molecule has 0 fully saturated rings. The Kier molecular flexibility index (Phi) is 5.10. The van der Waals surface area contributed by atoms with Crippen molar-refractivity contribution >= 4 is 16.8 Å². The molecule has 1 unspecified atom stereocenters. The van der Waals surface area contributed by atoms with Crippen molar-refractivity contribution < 1.29 is 9.53 Å². The number of carbonyl (C=O) groups is 1. The minimum atomic E-state index is -0.565. The van der Waals surface area contributed by atoms with E-state index in [2.05, 4.69) is 0 Å². The predicted molar refractivity (Wildman–Crippen MR) is 59.5 cm³/mol. The normalized spacial score (nSPS) is 16.4. The molecule has 0 aliphatic rings. The van der Waals surface area contributed by atoms with Crippen LogP contribution in [0.3, 0.4) is 0 Å². The Morgan fingerprint density at radius 1 is 1.29 bits per heavy atom. The summed E-state index contributed by atoms with van der Waals surface area (Å²) in [5.74, 6) is 0. The molecule has 1 atom stereocenters. The second-order valence-corrected chi connectivity index (χ2v) is 4.94. The number of halogens is 1. The van der Waals surface area contributed by atoms with E-state index in [1.807, 2.05) is 34.6 Å². The molecule has 3 heteroatoms. The fourth-order valence-corrected chi connectivity index (χ4v) is 2.09. The summed E-state index contributed by atoms with van der Waals surface area (Å²) in [5.41, 5.74) is -0.736. The van der Waals surface area contributed by atoms with Gasteiger partial charge in [0.15, 0.2) is 0 Å². The Balaban J connectivity index is 4.90. The first-order valence-electron chi connectivity index (χ1n) is 5.09. The molecule has 0 aromatic heterocycles. The molecule has 0 rings (SSSR count). The maximum Gasteiger partial charge on any atom is 0.230 e. The van der Waals surface area contributed by atoms with E-state index in [4.69, 9.17) is 16.3 Å². The number of hydrogen-bond acceptors (Lipinski definition) is 2. The third-order valence-corrected chi connectivity index (χ3v) is 3.33. The first-order chi connectivity index (χ1) is 6.31. The third-order valence-electron chi connectivity index (χ3n) is 2.97. The first kappa shape index (κ1) is 13.9. The van der Waals surface area contributed by atoms with Crippen molar-refractivity contribution in [3.63, 3.8) is 0 Å². The molecule has 0 bridgehead atoms. The fraction of sp³-hybridized carbons (Fsp3) is 0.909. The molecule has 0 heterocycles. The average Bonchev–Trinajstić information content (AvgIpc) is 2.03. The van der Waals surface area contributed by atoms with Crippen LogP contribution in [0.15, 0.2) is 0 Å². The van der Waals surface area contributed by atoms with Crippen molar-refractivity contribution in [2.24, 2.45) is 10.8 Å². The van der Waals surface area contributed by atoms with Gasteiger partial charge in [-0.05, 0) is 30.4 Å². The topological polar surface area (TPSA) is 26.3 Å². The van der Waals surface area contributed by atoms with E-state index in [1.54, 1.807) is 0 Å². The van der Waals surface area contributed by atoms with Crippen LogP contribution in [0.1, 0.15) is 41.0 Å². The molecule has 2 nitrogen and oxygen atoms in total. The molecule has 0 aliphatic heterocycles. The second-order valence-electron chi connectivity index (χ2n) is 4.60. The van der Waals surface area contributed by atoms with Crippen LogP contribution in [0.25, 0.3) is 0 Å². The van der Waals surface area contributed by atoms with Crippen LogP contribution < -0.4 is 0 Å². The monoisotopic (exact) mass is 220 g/mol. The Labute approximate surface area is 92.0 Å². The van der Waals surface area contributed by atoms with E-state index < -0.39 is 5.41 Å². The Hall–Kier alpha value is -0.0800. The quantitative estimate of drug-likeness (QED) is 0.665. The van der Waals surface area contributed by atoms with Gasteiger partial charge in [0.2, 0.25) is 5.24 Å². The van der Waals surface area contributed by atoms with Gasteiger partial charge in [-0.15, -0.1) is 0 Å². The van der Waals surface area contributed by atoms with E-state index in [9.17, 15) is 4.79 Å². The maximum atomic E-state index is 11.5. The summed E-state index contributed by atoms with van der Waals surface area (Å²) in [6, 6.07) is 0. The van der Waals surface area contributed by atoms with Gasteiger partial charge in [0.05, 0.1) is 12.0 Å². The molecule has 0 saturated carbocycles. The van der Waals surface area contributed by atoms with Crippen LogP contribution in [-0.4, -0.2) is 18.5 Å². The summed E-state index contributed by atoms with van der Waals surface area (Å²) in [5, 5.41) is -0.291. The lowest BCUT2D eigenvalue weighted by Crippen LogP contribution is -2.44. The summed E-state index contributed by atoms with van der Waals surface area (Å²) in [6.07, 6.45) is 0.707. The van der Waals surface area contributed by atoms with Gasteiger partial charge in [0, 0.05) is 6.61 Å². The van der Waals surface area contributed by atoms with Gasteiger partial charge >= 0.3 is 0 Å². The van der Waals surface area contributed by atoms with Crippen LogP contribution >= 0.6 is 11.6 Å². The van der Waals surface area contributed by atoms with Crippen molar-refractivity contribution in [1.29, 1.82) is 0 Å².